The molecule has 0 fully saturated rings. The molecule has 26 heavy (non-hydrogen) atoms. The van der Waals surface area contributed by atoms with Crippen LogP contribution in [-0.4, -0.2) is 13.1 Å². The summed E-state index contributed by atoms with van der Waals surface area (Å²) in [4.78, 5) is 12.3. The van der Waals surface area contributed by atoms with Crippen molar-refractivity contribution in [3.05, 3.63) is 0 Å². The first kappa shape index (κ1) is 25.5. The Bertz CT molecular complexity index is 291. The number of unbranched alkanes of at least 4 members (excludes halogenated alkanes) is 14. The highest BCUT2D eigenvalue weighted by Crippen LogP contribution is 2.33. The van der Waals surface area contributed by atoms with Crippen LogP contribution in [0.25, 0.3) is 0 Å². The fourth-order valence-electron chi connectivity index (χ4n) is 3.87. The second kappa shape index (κ2) is 17.9. The van der Waals surface area contributed by atoms with Gasteiger partial charge in [0.2, 0.25) is 0 Å². The Labute approximate surface area is 164 Å². The molecule has 156 valence electrons. The summed E-state index contributed by atoms with van der Waals surface area (Å²) in [5.74, 6) is 0.00314. The zero-order valence-electron chi connectivity index (χ0n) is 18.5. The maximum atomic E-state index is 12.3. The van der Waals surface area contributed by atoms with Gasteiger partial charge in [0.15, 0.2) is 0 Å². The molecule has 0 N–H and O–H groups in total. The number of methoxy groups -OCH3 is 1. The number of esters is 1. The number of carbonyl (C=O) groups excluding carboxylic acids is 1. The summed E-state index contributed by atoms with van der Waals surface area (Å²) in [5.41, 5.74) is -0.265. The third-order valence-electron chi connectivity index (χ3n) is 5.84. The first-order chi connectivity index (χ1) is 12.6. The van der Waals surface area contributed by atoms with Crippen molar-refractivity contribution in [1.82, 2.24) is 0 Å². The Morgan fingerprint density at radius 1 is 0.615 bits per heavy atom. The van der Waals surface area contributed by atoms with Gasteiger partial charge >= 0.3 is 5.97 Å². The van der Waals surface area contributed by atoms with Gasteiger partial charge in [0.1, 0.15) is 0 Å². The SMILES string of the molecule is CCCCCCCCCCC(C)(CCCCCCCCCC)C(=O)OC. The van der Waals surface area contributed by atoms with Gasteiger partial charge in [0.05, 0.1) is 12.5 Å². The summed E-state index contributed by atoms with van der Waals surface area (Å²) in [7, 11) is 1.54. The van der Waals surface area contributed by atoms with Crippen LogP contribution in [0.5, 0.6) is 0 Å². The smallest absolute Gasteiger partial charge is 0.311 e. The zero-order chi connectivity index (χ0) is 19.5. The maximum Gasteiger partial charge on any atom is 0.311 e. The molecule has 2 nitrogen and oxygen atoms in total. The first-order valence-electron chi connectivity index (χ1n) is 11.7. The highest BCUT2D eigenvalue weighted by Gasteiger charge is 2.32. The van der Waals surface area contributed by atoms with E-state index in [4.69, 9.17) is 4.74 Å². The van der Waals surface area contributed by atoms with E-state index >= 15 is 0 Å². The van der Waals surface area contributed by atoms with Crippen molar-refractivity contribution >= 4 is 5.97 Å². The van der Waals surface area contributed by atoms with E-state index in [1.165, 1.54) is 89.9 Å². The highest BCUT2D eigenvalue weighted by molar-refractivity contribution is 5.76. The van der Waals surface area contributed by atoms with Gasteiger partial charge in [-0.05, 0) is 19.8 Å². The lowest BCUT2D eigenvalue weighted by Crippen LogP contribution is -2.29. The fraction of sp³-hybridized carbons (Fsp3) is 0.958. The van der Waals surface area contributed by atoms with Crippen molar-refractivity contribution in [2.75, 3.05) is 7.11 Å². The molecule has 0 aromatic heterocycles. The molecule has 0 bridgehead atoms. The molecule has 0 rings (SSSR count). The lowest BCUT2D eigenvalue weighted by atomic mass is 9.79. The van der Waals surface area contributed by atoms with Crippen LogP contribution in [0.1, 0.15) is 136 Å². The summed E-state index contributed by atoms with van der Waals surface area (Å²) in [6.07, 6.45) is 23.1. The summed E-state index contributed by atoms with van der Waals surface area (Å²) in [6.45, 7) is 6.65. The Balaban J connectivity index is 3.88. The topological polar surface area (TPSA) is 26.3 Å². The lowest BCUT2D eigenvalue weighted by Gasteiger charge is -2.26. The van der Waals surface area contributed by atoms with Gasteiger partial charge < -0.3 is 4.74 Å². The van der Waals surface area contributed by atoms with Gasteiger partial charge in [-0.1, -0.05) is 117 Å². The van der Waals surface area contributed by atoms with E-state index in [1.807, 2.05) is 0 Å². The second-order valence-electron chi connectivity index (χ2n) is 8.50. The minimum Gasteiger partial charge on any atom is -0.469 e. The van der Waals surface area contributed by atoms with Crippen LogP contribution in [0.4, 0.5) is 0 Å². The molecule has 2 heteroatoms. The molecular weight excluding hydrogens is 320 g/mol. The average molecular weight is 369 g/mol. The number of rotatable bonds is 19. The predicted molar refractivity (Wildman–Crippen MR) is 115 cm³/mol. The molecule has 0 aliphatic carbocycles. The Morgan fingerprint density at radius 3 is 1.23 bits per heavy atom. The van der Waals surface area contributed by atoms with Crippen LogP contribution >= 0.6 is 0 Å². The summed E-state index contributed by atoms with van der Waals surface area (Å²) in [6, 6.07) is 0. The highest BCUT2D eigenvalue weighted by atomic mass is 16.5. The molecule has 0 aliphatic heterocycles. The van der Waals surface area contributed by atoms with Gasteiger partial charge in [-0.25, -0.2) is 0 Å². The Morgan fingerprint density at radius 2 is 0.923 bits per heavy atom. The molecule has 0 radical (unpaired) electrons. The van der Waals surface area contributed by atoms with E-state index in [0.717, 1.165) is 25.7 Å². The van der Waals surface area contributed by atoms with E-state index < -0.39 is 0 Å². The van der Waals surface area contributed by atoms with E-state index in [-0.39, 0.29) is 11.4 Å². The van der Waals surface area contributed by atoms with Gasteiger partial charge in [-0.2, -0.15) is 0 Å². The summed E-state index contributed by atoms with van der Waals surface area (Å²) >= 11 is 0. The minimum atomic E-state index is -0.265. The van der Waals surface area contributed by atoms with Crippen molar-refractivity contribution in [3.63, 3.8) is 0 Å². The molecule has 0 saturated carbocycles. The number of carbonyl (C=O) groups is 1. The quantitative estimate of drug-likeness (QED) is 0.169. The summed E-state index contributed by atoms with van der Waals surface area (Å²) in [5, 5.41) is 0. The third-order valence-corrected chi connectivity index (χ3v) is 5.84. The molecule has 0 amide bonds. The normalized spacial score (nSPS) is 11.7. The first-order valence-corrected chi connectivity index (χ1v) is 11.7. The molecule has 0 atom stereocenters. The second-order valence-corrected chi connectivity index (χ2v) is 8.50. The van der Waals surface area contributed by atoms with Crippen LogP contribution in [0.15, 0.2) is 0 Å². The zero-order valence-corrected chi connectivity index (χ0v) is 18.5. The molecule has 0 heterocycles. The van der Waals surface area contributed by atoms with Crippen LogP contribution in [0.3, 0.4) is 0 Å². The van der Waals surface area contributed by atoms with Crippen LogP contribution in [0.2, 0.25) is 0 Å². The Hall–Kier alpha value is -0.530. The molecule has 0 unspecified atom stereocenters. The third kappa shape index (κ3) is 13.6. The van der Waals surface area contributed by atoms with E-state index in [1.54, 1.807) is 7.11 Å². The van der Waals surface area contributed by atoms with Crippen molar-refractivity contribution in [2.24, 2.45) is 5.41 Å². The van der Waals surface area contributed by atoms with Gasteiger partial charge in [0.25, 0.3) is 0 Å². The van der Waals surface area contributed by atoms with E-state index in [9.17, 15) is 4.79 Å². The molecule has 0 aromatic rings. The van der Waals surface area contributed by atoms with Crippen LogP contribution in [0, 0.1) is 5.41 Å². The van der Waals surface area contributed by atoms with Crippen LogP contribution in [-0.2, 0) is 9.53 Å². The Kier molecular flexibility index (Phi) is 17.5. The largest absolute Gasteiger partial charge is 0.469 e. The van der Waals surface area contributed by atoms with Crippen molar-refractivity contribution in [1.29, 1.82) is 0 Å². The average Bonchev–Trinajstić information content (AvgIpc) is 2.65. The summed E-state index contributed by atoms with van der Waals surface area (Å²) < 4.78 is 5.12. The van der Waals surface area contributed by atoms with Crippen molar-refractivity contribution < 1.29 is 9.53 Å². The van der Waals surface area contributed by atoms with Crippen molar-refractivity contribution in [2.45, 2.75) is 136 Å². The molecule has 0 aliphatic rings. The lowest BCUT2D eigenvalue weighted by molar-refractivity contribution is -0.152. The predicted octanol–water partition coefficient (Wildman–Crippen LogP) is 8.23. The van der Waals surface area contributed by atoms with Gasteiger partial charge in [-0.15, -0.1) is 0 Å². The minimum absolute atomic E-state index is 0.00314. The number of hydrogen-bond acceptors (Lipinski definition) is 2. The van der Waals surface area contributed by atoms with Gasteiger partial charge in [0, 0.05) is 0 Å². The monoisotopic (exact) mass is 368 g/mol. The van der Waals surface area contributed by atoms with E-state index in [0.29, 0.717) is 0 Å². The maximum absolute atomic E-state index is 12.3. The molecular formula is C24H48O2. The number of ether oxygens (including phenoxy) is 1. The molecule has 0 saturated heterocycles. The standard InChI is InChI=1S/C24H48O2/c1-5-7-9-11-13-15-17-19-21-24(3,23(25)26-4)22-20-18-16-14-12-10-8-6-2/h5-22H2,1-4H3. The molecule has 0 spiro atoms. The fourth-order valence-corrected chi connectivity index (χ4v) is 3.87. The van der Waals surface area contributed by atoms with Crippen molar-refractivity contribution in [3.8, 4) is 0 Å². The number of hydrogen-bond donors (Lipinski definition) is 0. The van der Waals surface area contributed by atoms with Gasteiger partial charge in [-0.3, -0.25) is 4.79 Å². The van der Waals surface area contributed by atoms with Crippen LogP contribution < -0.4 is 0 Å². The van der Waals surface area contributed by atoms with E-state index in [2.05, 4.69) is 20.8 Å². The molecule has 0 aromatic carbocycles.